The van der Waals surface area contributed by atoms with E-state index in [1.807, 2.05) is 78.9 Å². The molecule has 0 spiro atoms. The van der Waals surface area contributed by atoms with E-state index in [-0.39, 0.29) is 17.7 Å². The monoisotopic (exact) mass is 482 g/mol. The van der Waals surface area contributed by atoms with Gasteiger partial charge in [-0.3, -0.25) is 9.59 Å². The second kappa shape index (κ2) is 11.1. The van der Waals surface area contributed by atoms with E-state index in [9.17, 15) is 9.59 Å². The van der Waals surface area contributed by atoms with E-state index in [0.717, 1.165) is 36.8 Å². The molecule has 2 aliphatic rings. The SMILES string of the molecule is O=C(Nc1ccc(NC(=O)C2(C3CCCCCC3)CCCO2)cc1)c1ccc(-c2ccccc2)cc1. The minimum absolute atomic E-state index is 0.0257. The van der Waals surface area contributed by atoms with Crippen LogP contribution >= 0.6 is 0 Å². The minimum Gasteiger partial charge on any atom is -0.365 e. The zero-order chi connectivity index (χ0) is 24.8. The van der Waals surface area contributed by atoms with E-state index < -0.39 is 5.60 Å². The molecule has 3 aromatic carbocycles. The lowest BCUT2D eigenvalue weighted by Gasteiger charge is -2.35. The Kier molecular flexibility index (Phi) is 7.47. The fraction of sp³-hybridized carbons (Fsp3) is 0.355. The van der Waals surface area contributed by atoms with Crippen molar-refractivity contribution in [2.24, 2.45) is 5.92 Å². The van der Waals surface area contributed by atoms with Crippen LogP contribution in [0, 0.1) is 5.92 Å². The molecular formula is C31H34N2O3. The lowest BCUT2D eigenvalue weighted by atomic mass is 9.79. The number of ether oxygens (including phenoxy) is 1. The van der Waals surface area contributed by atoms with Crippen LogP contribution in [0.1, 0.15) is 61.7 Å². The number of carbonyl (C=O) groups is 2. The summed E-state index contributed by atoms with van der Waals surface area (Å²) in [6, 6.07) is 25.0. The van der Waals surface area contributed by atoms with E-state index in [1.165, 1.54) is 25.7 Å². The number of benzene rings is 3. The number of carbonyl (C=O) groups excluding carboxylic acids is 2. The van der Waals surface area contributed by atoms with Gasteiger partial charge < -0.3 is 15.4 Å². The van der Waals surface area contributed by atoms with Crippen LogP contribution in [0.2, 0.25) is 0 Å². The zero-order valence-electron chi connectivity index (χ0n) is 20.7. The fourth-order valence-electron chi connectivity index (χ4n) is 5.62. The first-order valence-electron chi connectivity index (χ1n) is 13.2. The predicted octanol–water partition coefficient (Wildman–Crippen LogP) is 7.06. The van der Waals surface area contributed by atoms with Crippen LogP contribution in [0.5, 0.6) is 0 Å². The molecule has 2 N–H and O–H groups in total. The molecule has 1 unspecified atom stereocenters. The van der Waals surface area contributed by atoms with Crippen molar-refractivity contribution >= 4 is 23.2 Å². The Labute approximate surface area is 213 Å². The Morgan fingerprint density at radius 1 is 0.694 bits per heavy atom. The number of nitrogens with one attached hydrogen (secondary N) is 2. The van der Waals surface area contributed by atoms with Gasteiger partial charge in [-0.1, -0.05) is 68.1 Å². The molecule has 1 aliphatic carbocycles. The summed E-state index contributed by atoms with van der Waals surface area (Å²) < 4.78 is 6.16. The van der Waals surface area contributed by atoms with Crippen molar-refractivity contribution in [2.45, 2.75) is 57.0 Å². The van der Waals surface area contributed by atoms with Crippen molar-refractivity contribution < 1.29 is 14.3 Å². The molecule has 2 fully saturated rings. The maximum absolute atomic E-state index is 13.4. The summed E-state index contributed by atoms with van der Waals surface area (Å²) >= 11 is 0. The number of amides is 2. The van der Waals surface area contributed by atoms with Gasteiger partial charge in [0.1, 0.15) is 5.60 Å². The van der Waals surface area contributed by atoms with E-state index in [4.69, 9.17) is 4.74 Å². The van der Waals surface area contributed by atoms with Gasteiger partial charge in [0.15, 0.2) is 0 Å². The van der Waals surface area contributed by atoms with Crippen LogP contribution in [0.3, 0.4) is 0 Å². The maximum Gasteiger partial charge on any atom is 0.256 e. The molecule has 186 valence electrons. The highest BCUT2D eigenvalue weighted by atomic mass is 16.5. The van der Waals surface area contributed by atoms with Gasteiger partial charge in [-0.15, -0.1) is 0 Å². The van der Waals surface area contributed by atoms with Gasteiger partial charge in [0.05, 0.1) is 0 Å². The lowest BCUT2D eigenvalue weighted by molar-refractivity contribution is -0.143. The Balaban J connectivity index is 1.21. The van der Waals surface area contributed by atoms with Gasteiger partial charge in [-0.2, -0.15) is 0 Å². The molecule has 3 aromatic rings. The summed E-state index contributed by atoms with van der Waals surface area (Å²) in [6.45, 7) is 0.654. The third-order valence-electron chi connectivity index (χ3n) is 7.61. The number of rotatable bonds is 6. The number of hydrogen-bond donors (Lipinski definition) is 2. The van der Waals surface area contributed by atoms with Crippen molar-refractivity contribution in [2.75, 3.05) is 17.2 Å². The molecule has 2 amide bonds. The summed E-state index contributed by atoms with van der Waals surface area (Å²) in [5, 5.41) is 6.04. The van der Waals surface area contributed by atoms with Crippen molar-refractivity contribution in [1.82, 2.24) is 0 Å². The van der Waals surface area contributed by atoms with E-state index in [1.54, 1.807) is 0 Å². The molecule has 0 aromatic heterocycles. The highest BCUT2D eigenvalue weighted by Crippen LogP contribution is 2.41. The Morgan fingerprint density at radius 3 is 1.92 bits per heavy atom. The Hall–Kier alpha value is -3.44. The third kappa shape index (κ3) is 5.36. The van der Waals surface area contributed by atoms with Gasteiger partial charge in [-0.05, 0) is 79.1 Å². The molecule has 5 heteroatoms. The smallest absolute Gasteiger partial charge is 0.256 e. The molecule has 1 saturated carbocycles. The van der Waals surface area contributed by atoms with Crippen LogP contribution in [0.25, 0.3) is 11.1 Å². The van der Waals surface area contributed by atoms with Crippen molar-refractivity contribution in [3.8, 4) is 11.1 Å². The van der Waals surface area contributed by atoms with Crippen molar-refractivity contribution in [1.29, 1.82) is 0 Å². The topological polar surface area (TPSA) is 67.4 Å². The Morgan fingerprint density at radius 2 is 1.31 bits per heavy atom. The van der Waals surface area contributed by atoms with Crippen LogP contribution < -0.4 is 10.6 Å². The molecule has 1 atom stereocenters. The minimum atomic E-state index is -0.705. The van der Waals surface area contributed by atoms with E-state index in [0.29, 0.717) is 23.5 Å². The molecule has 5 nitrogen and oxygen atoms in total. The molecule has 1 aliphatic heterocycles. The second-order valence-corrected chi connectivity index (χ2v) is 9.96. The van der Waals surface area contributed by atoms with Gasteiger partial charge >= 0.3 is 0 Å². The second-order valence-electron chi connectivity index (χ2n) is 9.96. The zero-order valence-corrected chi connectivity index (χ0v) is 20.7. The van der Waals surface area contributed by atoms with Crippen LogP contribution in [-0.4, -0.2) is 24.0 Å². The van der Waals surface area contributed by atoms with E-state index in [2.05, 4.69) is 10.6 Å². The first-order chi connectivity index (χ1) is 17.6. The molecule has 0 radical (unpaired) electrons. The quantitative estimate of drug-likeness (QED) is 0.370. The molecule has 1 saturated heterocycles. The first kappa shape index (κ1) is 24.3. The van der Waals surface area contributed by atoms with E-state index >= 15 is 0 Å². The standard InChI is InChI=1S/C31H34N2O3/c34-29(25-15-13-24(14-16-25)23-9-4-3-5-10-23)32-27-17-19-28(20-18-27)33-30(35)31(21-8-22-36-31)26-11-6-1-2-7-12-26/h3-5,9-10,13-20,26H,1-2,6-8,11-12,21-22H2,(H,32,34)(H,33,35). The summed E-state index contributed by atoms with van der Waals surface area (Å²) in [5.41, 5.74) is 3.47. The lowest BCUT2D eigenvalue weighted by Crippen LogP contribution is -2.48. The number of anilines is 2. The Bertz CT molecular complexity index is 1160. The van der Waals surface area contributed by atoms with Gasteiger partial charge in [0.2, 0.25) is 0 Å². The highest BCUT2D eigenvalue weighted by Gasteiger charge is 2.48. The largest absolute Gasteiger partial charge is 0.365 e. The van der Waals surface area contributed by atoms with Crippen molar-refractivity contribution in [3.63, 3.8) is 0 Å². The normalized spacial score (nSPS) is 20.4. The van der Waals surface area contributed by atoms with Crippen molar-refractivity contribution in [3.05, 3.63) is 84.4 Å². The molecule has 1 heterocycles. The van der Waals surface area contributed by atoms with Crippen LogP contribution in [0.15, 0.2) is 78.9 Å². The summed E-state index contributed by atoms with van der Waals surface area (Å²) in [6.07, 6.45) is 8.69. The average Bonchev–Trinajstić information content (AvgIpc) is 3.27. The number of hydrogen-bond acceptors (Lipinski definition) is 3. The first-order valence-corrected chi connectivity index (χ1v) is 13.2. The summed E-state index contributed by atoms with van der Waals surface area (Å²) in [7, 11) is 0. The molecule has 0 bridgehead atoms. The fourth-order valence-corrected chi connectivity index (χ4v) is 5.62. The summed E-state index contributed by atoms with van der Waals surface area (Å²) in [4.78, 5) is 26.2. The average molecular weight is 483 g/mol. The van der Waals surface area contributed by atoms with Crippen LogP contribution in [0.4, 0.5) is 11.4 Å². The van der Waals surface area contributed by atoms with Gasteiger partial charge in [0.25, 0.3) is 11.8 Å². The highest BCUT2D eigenvalue weighted by molar-refractivity contribution is 6.04. The molecule has 5 rings (SSSR count). The third-order valence-corrected chi connectivity index (χ3v) is 7.61. The predicted molar refractivity (Wildman–Crippen MR) is 144 cm³/mol. The molecular weight excluding hydrogens is 448 g/mol. The molecule has 36 heavy (non-hydrogen) atoms. The maximum atomic E-state index is 13.4. The van der Waals surface area contributed by atoms with Crippen LogP contribution in [-0.2, 0) is 9.53 Å². The van der Waals surface area contributed by atoms with Gasteiger partial charge in [0, 0.05) is 23.5 Å². The summed E-state index contributed by atoms with van der Waals surface area (Å²) in [5.74, 6) is 0.0922. The van der Waals surface area contributed by atoms with Gasteiger partial charge in [-0.25, -0.2) is 0 Å².